The SMILES string of the molecule is C=CC1C[C@]1(NC(=O)[C@@H]1C[C@@H](Oc2cc(-c3ccccn3)nc3c(Cl)c(OC)ccc23)CN1C(=O)[C@@H](CC(=O)N1CCC(F)(F)C1)C(C)(C)C)C(=O)NS(=O)(=O)C1CC1. The first kappa shape index (κ1) is 42.2. The quantitative estimate of drug-likeness (QED) is 0.225. The van der Waals surface area contributed by atoms with E-state index in [1.54, 1.807) is 63.4 Å². The fraction of sp³-hybridized carbons (Fsp3) is 0.512. The van der Waals surface area contributed by atoms with Gasteiger partial charge in [-0.3, -0.25) is 28.9 Å². The Kier molecular flexibility index (Phi) is 11.2. The highest BCUT2D eigenvalue weighted by atomic mass is 35.5. The Morgan fingerprint density at radius 2 is 1.86 bits per heavy atom. The zero-order valence-corrected chi connectivity index (χ0v) is 34.7. The van der Waals surface area contributed by atoms with Gasteiger partial charge in [0, 0.05) is 49.4 Å². The number of amides is 4. The molecule has 2 aromatic heterocycles. The number of alkyl halides is 2. The van der Waals surface area contributed by atoms with Gasteiger partial charge in [0.2, 0.25) is 27.7 Å². The van der Waals surface area contributed by atoms with Crippen LogP contribution in [0.2, 0.25) is 5.02 Å². The third-order valence-corrected chi connectivity index (χ3v) is 13.8. The Morgan fingerprint density at radius 1 is 1.12 bits per heavy atom. The van der Waals surface area contributed by atoms with Crippen molar-refractivity contribution in [1.29, 1.82) is 0 Å². The number of carbonyl (C=O) groups is 4. The Bertz CT molecular complexity index is 2310. The molecule has 2 N–H and O–H groups in total. The number of methoxy groups -OCH3 is 1. The summed E-state index contributed by atoms with van der Waals surface area (Å²) in [6.07, 6.45) is 2.19. The lowest BCUT2D eigenvalue weighted by molar-refractivity contribution is -0.148. The highest BCUT2D eigenvalue weighted by Crippen LogP contribution is 2.46. The molecular formula is C41H47ClF2N6O8S. The standard InChI is InChI=1S/C41H47ClF2N6O8S/c1-6-23-20-41(23,38(54)48-59(55,56)25-10-11-25)47-36(52)30-17-24(21-50(30)37(53)27(39(2,3)4)18-33(51)49-16-14-40(43,44)22-49)58-32-19-29(28-9-7-8-15-45-28)46-35-26(32)12-13-31(57-5)34(35)42/h6-9,12-13,15,19,23-25,27,30H,1,10-11,14,16-18,20-22H2,2-5H3,(H,47,52)(H,48,54)/t23?,24-,27-,30+,41-/m1/s1. The van der Waals surface area contributed by atoms with Crippen LogP contribution in [0, 0.1) is 17.3 Å². The van der Waals surface area contributed by atoms with Crippen LogP contribution in [0.25, 0.3) is 22.3 Å². The van der Waals surface area contributed by atoms with Gasteiger partial charge in [0.1, 0.15) is 34.2 Å². The molecule has 316 valence electrons. The normalized spacial score (nSPS) is 24.4. The van der Waals surface area contributed by atoms with Crippen molar-refractivity contribution in [2.75, 3.05) is 26.7 Å². The first-order valence-corrected chi connectivity index (χ1v) is 21.4. The second-order valence-electron chi connectivity index (χ2n) is 16.9. The molecule has 4 amide bonds. The molecule has 2 aliphatic carbocycles. The molecule has 2 saturated carbocycles. The summed E-state index contributed by atoms with van der Waals surface area (Å²) in [7, 11) is -2.49. The molecule has 0 radical (unpaired) electrons. The number of ether oxygens (including phenoxy) is 2. The number of carbonyl (C=O) groups excluding carboxylic acids is 4. The van der Waals surface area contributed by atoms with E-state index in [4.69, 9.17) is 26.1 Å². The van der Waals surface area contributed by atoms with Crippen molar-refractivity contribution in [1.82, 2.24) is 29.8 Å². The lowest BCUT2D eigenvalue weighted by Crippen LogP contribution is -2.57. The number of hydrogen-bond acceptors (Lipinski definition) is 10. The van der Waals surface area contributed by atoms with Crippen LogP contribution in [0.3, 0.4) is 0 Å². The van der Waals surface area contributed by atoms with Gasteiger partial charge in [0.15, 0.2) is 0 Å². The number of likely N-dealkylation sites (tertiary alicyclic amines) is 2. The molecule has 4 fully saturated rings. The number of aromatic nitrogens is 2. The van der Waals surface area contributed by atoms with Crippen molar-refractivity contribution in [3.63, 3.8) is 0 Å². The first-order valence-electron chi connectivity index (χ1n) is 19.5. The second kappa shape index (κ2) is 15.6. The summed E-state index contributed by atoms with van der Waals surface area (Å²) in [5, 5.41) is 2.80. The van der Waals surface area contributed by atoms with Crippen LogP contribution in [0.4, 0.5) is 8.78 Å². The van der Waals surface area contributed by atoms with Crippen LogP contribution >= 0.6 is 11.6 Å². The number of hydrogen-bond donors (Lipinski definition) is 2. The van der Waals surface area contributed by atoms with Crippen LogP contribution in [0.5, 0.6) is 11.5 Å². The summed E-state index contributed by atoms with van der Waals surface area (Å²) in [5.41, 5.74) is -1.22. The zero-order valence-electron chi connectivity index (χ0n) is 33.2. The molecule has 2 aliphatic heterocycles. The topological polar surface area (TPSA) is 177 Å². The summed E-state index contributed by atoms with van der Waals surface area (Å²) in [5.74, 6) is -6.84. The van der Waals surface area contributed by atoms with E-state index in [9.17, 15) is 36.4 Å². The average molecular weight is 857 g/mol. The molecule has 4 aliphatic rings. The molecule has 14 nitrogen and oxygen atoms in total. The monoisotopic (exact) mass is 856 g/mol. The molecule has 0 spiro atoms. The number of sulfonamides is 1. The molecule has 3 aromatic rings. The van der Waals surface area contributed by atoms with E-state index in [2.05, 4.69) is 21.6 Å². The molecule has 59 heavy (non-hydrogen) atoms. The summed E-state index contributed by atoms with van der Waals surface area (Å²) < 4.78 is 68.1. The summed E-state index contributed by atoms with van der Waals surface area (Å²) in [4.78, 5) is 67.9. The maximum absolute atomic E-state index is 14.8. The minimum atomic E-state index is -3.97. The molecular weight excluding hydrogens is 810 g/mol. The Hall–Kier alpha value is -4.90. The van der Waals surface area contributed by atoms with Crippen LogP contribution in [0.15, 0.2) is 55.3 Å². The lowest BCUT2D eigenvalue weighted by atomic mass is 9.77. The fourth-order valence-corrected chi connectivity index (χ4v) is 9.55. The van der Waals surface area contributed by atoms with E-state index in [1.165, 1.54) is 18.1 Å². The number of rotatable bonds is 13. The number of nitrogens with zero attached hydrogens (tertiary/aromatic N) is 4. The number of benzene rings is 1. The van der Waals surface area contributed by atoms with Gasteiger partial charge in [-0.15, -0.1) is 6.58 Å². The van der Waals surface area contributed by atoms with E-state index in [0.29, 0.717) is 46.6 Å². The predicted octanol–water partition coefficient (Wildman–Crippen LogP) is 4.90. The van der Waals surface area contributed by atoms with E-state index in [0.717, 1.165) is 4.90 Å². The number of pyridine rings is 2. The largest absolute Gasteiger partial charge is 0.495 e. The minimum absolute atomic E-state index is 0.0792. The molecule has 1 aromatic carbocycles. The number of halogens is 3. The number of nitrogens with one attached hydrogen (secondary N) is 2. The van der Waals surface area contributed by atoms with Gasteiger partial charge in [-0.2, -0.15) is 0 Å². The van der Waals surface area contributed by atoms with Crippen molar-refractivity contribution in [2.45, 2.75) is 88.2 Å². The molecule has 1 unspecified atom stereocenters. The van der Waals surface area contributed by atoms with Crippen LogP contribution in [-0.2, 0) is 29.2 Å². The zero-order chi connectivity index (χ0) is 42.7. The van der Waals surface area contributed by atoms with Crippen molar-refractivity contribution in [2.24, 2.45) is 17.3 Å². The molecule has 7 rings (SSSR count). The van der Waals surface area contributed by atoms with Crippen LogP contribution < -0.4 is 19.5 Å². The van der Waals surface area contributed by atoms with Gasteiger partial charge in [0.05, 0.1) is 48.3 Å². The minimum Gasteiger partial charge on any atom is -0.495 e. The summed E-state index contributed by atoms with van der Waals surface area (Å²) >= 11 is 6.76. The highest BCUT2D eigenvalue weighted by molar-refractivity contribution is 7.91. The van der Waals surface area contributed by atoms with Crippen molar-refractivity contribution in [3.05, 3.63) is 60.3 Å². The third-order valence-electron chi connectivity index (χ3n) is 11.6. The predicted molar refractivity (Wildman–Crippen MR) is 214 cm³/mol. The molecule has 0 bridgehead atoms. The van der Waals surface area contributed by atoms with Gasteiger partial charge in [-0.05, 0) is 48.9 Å². The van der Waals surface area contributed by atoms with Gasteiger partial charge in [0.25, 0.3) is 11.8 Å². The van der Waals surface area contributed by atoms with E-state index >= 15 is 0 Å². The molecule has 2 saturated heterocycles. The third kappa shape index (κ3) is 8.58. The molecule has 5 atom stereocenters. The first-order chi connectivity index (χ1) is 27.8. The highest BCUT2D eigenvalue weighted by Gasteiger charge is 2.62. The Morgan fingerprint density at radius 3 is 2.46 bits per heavy atom. The van der Waals surface area contributed by atoms with Gasteiger partial charge in [-0.25, -0.2) is 22.2 Å². The maximum Gasteiger partial charge on any atom is 0.267 e. The summed E-state index contributed by atoms with van der Waals surface area (Å²) in [6.45, 7) is 7.97. The maximum atomic E-state index is 14.8. The van der Waals surface area contributed by atoms with E-state index in [-0.39, 0.29) is 37.4 Å². The average Bonchev–Trinajstić information content (AvgIpc) is 4.09. The van der Waals surface area contributed by atoms with Crippen molar-refractivity contribution < 1.29 is 45.9 Å². The number of fused-ring (bicyclic) bond motifs is 1. The van der Waals surface area contributed by atoms with Gasteiger partial charge >= 0.3 is 0 Å². The second-order valence-corrected chi connectivity index (χ2v) is 19.2. The van der Waals surface area contributed by atoms with Gasteiger partial charge < -0.3 is 24.6 Å². The lowest BCUT2D eigenvalue weighted by Gasteiger charge is -2.35. The van der Waals surface area contributed by atoms with Crippen molar-refractivity contribution in [3.8, 4) is 22.9 Å². The van der Waals surface area contributed by atoms with E-state index < -0.39 is 92.7 Å². The molecule has 4 heterocycles. The van der Waals surface area contributed by atoms with E-state index in [1.807, 2.05) is 0 Å². The van der Waals surface area contributed by atoms with Crippen LogP contribution in [0.1, 0.15) is 59.3 Å². The molecule has 18 heteroatoms. The Balaban J connectivity index is 1.23. The van der Waals surface area contributed by atoms with Crippen molar-refractivity contribution >= 4 is 56.2 Å². The fourth-order valence-electron chi connectivity index (χ4n) is 7.90. The Labute approximate surface area is 346 Å². The van der Waals surface area contributed by atoms with Gasteiger partial charge in [-0.1, -0.05) is 44.5 Å². The van der Waals surface area contributed by atoms with Crippen LogP contribution in [-0.4, -0.2) is 107 Å². The smallest absolute Gasteiger partial charge is 0.267 e. The summed E-state index contributed by atoms with van der Waals surface area (Å²) in [6, 6.07) is 9.10.